The Bertz CT molecular complexity index is 306. The largest absolute Gasteiger partial charge is 0.452 e. The third-order valence-electron chi connectivity index (χ3n) is 3.16. The Hall–Kier alpha value is -0.100. The number of hydrogen-bond acceptors (Lipinski definition) is 3. The molecule has 0 bridgehead atoms. The molecule has 0 aromatic heterocycles. The molecule has 0 spiro atoms. The standard InChI is InChI=1S/C13H21Br2NO3/c1-10(12(17)16-8-4-5-9-16)19-13(18)11(15)6-2-3-7-14/h10-11H,2-9H2,1H3/t10-,11?/m1/s1. The highest BCUT2D eigenvalue weighted by Gasteiger charge is 2.27. The van der Waals surface area contributed by atoms with Gasteiger partial charge in [0, 0.05) is 18.4 Å². The molecule has 1 aliphatic heterocycles. The normalized spacial score (nSPS) is 18.2. The summed E-state index contributed by atoms with van der Waals surface area (Å²) >= 11 is 6.67. The molecular weight excluding hydrogens is 378 g/mol. The highest BCUT2D eigenvalue weighted by Crippen LogP contribution is 2.15. The van der Waals surface area contributed by atoms with Gasteiger partial charge in [0.25, 0.3) is 5.91 Å². The van der Waals surface area contributed by atoms with E-state index in [1.807, 2.05) is 0 Å². The van der Waals surface area contributed by atoms with Crippen LogP contribution in [0.15, 0.2) is 0 Å². The molecule has 0 N–H and O–H groups in total. The molecule has 0 saturated carbocycles. The molecule has 0 aromatic carbocycles. The summed E-state index contributed by atoms with van der Waals surface area (Å²) in [6.45, 7) is 3.21. The third-order valence-corrected chi connectivity index (χ3v) is 4.55. The maximum atomic E-state index is 12.0. The Kier molecular flexibility index (Phi) is 7.99. The van der Waals surface area contributed by atoms with Crippen molar-refractivity contribution < 1.29 is 14.3 Å². The van der Waals surface area contributed by atoms with Gasteiger partial charge in [-0.1, -0.05) is 38.3 Å². The number of hydrogen-bond donors (Lipinski definition) is 0. The van der Waals surface area contributed by atoms with Gasteiger partial charge in [0.2, 0.25) is 0 Å². The Morgan fingerprint density at radius 1 is 1.26 bits per heavy atom. The fourth-order valence-corrected chi connectivity index (χ4v) is 2.86. The molecule has 1 heterocycles. The van der Waals surface area contributed by atoms with Crippen molar-refractivity contribution in [3.05, 3.63) is 0 Å². The van der Waals surface area contributed by atoms with Crippen molar-refractivity contribution in [2.45, 2.75) is 50.0 Å². The lowest BCUT2D eigenvalue weighted by molar-refractivity contribution is -0.158. The Morgan fingerprint density at radius 3 is 2.47 bits per heavy atom. The van der Waals surface area contributed by atoms with Gasteiger partial charge in [0.1, 0.15) is 4.83 Å². The van der Waals surface area contributed by atoms with E-state index in [1.54, 1.807) is 11.8 Å². The summed E-state index contributed by atoms with van der Waals surface area (Å²) in [6, 6.07) is 0. The van der Waals surface area contributed by atoms with E-state index in [2.05, 4.69) is 31.9 Å². The van der Waals surface area contributed by atoms with Crippen LogP contribution in [0.1, 0.15) is 39.0 Å². The molecule has 110 valence electrons. The molecule has 0 radical (unpaired) electrons. The van der Waals surface area contributed by atoms with Gasteiger partial charge in [-0.05, 0) is 32.6 Å². The maximum Gasteiger partial charge on any atom is 0.320 e. The number of carbonyl (C=O) groups is 2. The van der Waals surface area contributed by atoms with E-state index >= 15 is 0 Å². The Balaban J connectivity index is 2.31. The number of alkyl halides is 2. The minimum atomic E-state index is -0.679. The monoisotopic (exact) mass is 397 g/mol. The smallest absolute Gasteiger partial charge is 0.320 e. The quantitative estimate of drug-likeness (QED) is 0.376. The fraction of sp³-hybridized carbons (Fsp3) is 0.846. The van der Waals surface area contributed by atoms with Crippen LogP contribution in [0.5, 0.6) is 0 Å². The lowest BCUT2D eigenvalue weighted by atomic mass is 10.2. The van der Waals surface area contributed by atoms with Gasteiger partial charge in [-0.3, -0.25) is 9.59 Å². The number of nitrogens with zero attached hydrogens (tertiary/aromatic N) is 1. The van der Waals surface area contributed by atoms with Gasteiger partial charge >= 0.3 is 5.97 Å². The lowest BCUT2D eigenvalue weighted by Gasteiger charge is -2.21. The van der Waals surface area contributed by atoms with Crippen molar-refractivity contribution in [3.63, 3.8) is 0 Å². The summed E-state index contributed by atoms with van der Waals surface area (Å²) in [5.41, 5.74) is 0. The van der Waals surface area contributed by atoms with E-state index in [0.29, 0.717) is 0 Å². The number of esters is 1. The average molecular weight is 399 g/mol. The van der Waals surface area contributed by atoms with Crippen LogP contribution in [-0.2, 0) is 14.3 Å². The number of amides is 1. The minimum absolute atomic E-state index is 0.0778. The van der Waals surface area contributed by atoms with Crippen molar-refractivity contribution >= 4 is 43.7 Å². The van der Waals surface area contributed by atoms with Crippen LogP contribution in [0, 0.1) is 0 Å². The van der Waals surface area contributed by atoms with Crippen molar-refractivity contribution in [1.29, 1.82) is 0 Å². The second-order valence-corrected chi connectivity index (χ2v) is 6.66. The predicted octanol–water partition coefficient (Wildman–Crippen LogP) is 2.87. The molecular formula is C13H21Br2NO3. The summed E-state index contributed by atoms with van der Waals surface area (Å²) in [5, 5.41) is 0.936. The van der Waals surface area contributed by atoms with E-state index in [9.17, 15) is 9.59 Å². The molecule has 19 heavy (non-hydrogen) atoms. The zero-order valence-corrected chi connectivity index (χ0v) is 14.4. The third kappa shape index (κ3) is 5.81. The summed E-state index contributed by atoms with van der Waals surface area (Å²) in [7, 11) is 0. The number of unbranched alkanes of at least 4 members (excludes halogenated alkanes) is 1. The highest BCUT2D eigenvalue weighted by molar-refractivity contribution is 9.10. The number of halogens is 2. The van der Waals surface area contributed by atoms with E-state index < -0.39 is 6.10 Å². The molecule has 1 aliphatic rings. The Morgan fingerprint density at radius 2 is 1.89 bits per heavy atom. The lowest BCUT2D eigenvalue weighted by Crippen LogP contribution is -2.39. The van der Waals surface area contributed by atoms with Crippen LogP contribution in [0.4, 0.5) is 0 Å². The van der Waals surface area contributed by atoms with Crippen LogP contribution in [0.3, 0.4) is 0 Å². The average Bonchev–Trinajstić information content (AvgIpc) is 2.91. The van der Waals surface area contributed by atoms with Crippen LogP contribution in [0.2, 0.25) is 0 Å². The fourth-order valence-electron chi connectivity index (χ4n) is 2.03. The minimum Gasteiger partial charge on any atom is -0.452 e. The number of carbonyl (C=O) groups excluding carboxylic acids is 2. The predicted molar refractivity (Wildman–Crippen MR) is 81.7 cm³/mol. The maximum absolute atomic E-state index is 12.0. The van der Waals surface area contributed by atoms with Crippen LogP contribution < -0.4 is 0 Å². The zero-order valence-electron chi connectivity index (χ0n) is 11.2. The summed E-state index contributed by atoms with van der Waals surface area (Å²) in [5.74, 6) is -0.416. The van der Waals surface area contributed by atoms with Gasteiger partial charge in [-0.15, -0.1) is 0 Å². The van der Waals surface area contributed by atoms with Crippen molar-refractivity contribution in [2.75, 3.05) is 18.4 Å². The molecule has 4 nitrogen and oxygen atoms in total. The molecule has 1 fully saturated rings. The molecule has 1 unspecified atom stereocenters. The molecule has 0 aliphatic carbocycles. The highest BCUT2D eigenvalue weighted by atomic mass is 79.9. The van der Waals surface area contributed by atoms with Gasteiger partial charge in [0.15, 0.2) is 6.10 Å². The van der Waals surface area contributed by atoms with Gasteiger partial charge in [0.05, 0.1) is 0 Å². The molecule has 2 atom stereocenters. The second-order valence-electron chi connectivity index (χ2n) is 4.76. The van der Waals surface area contributed by atoms with Gasteiger partial charge in [-0.2, -0.15) is 0 Å². The first-order valence-corrected chi connectivity index (χ1v) is 8.79. The molecule has 1 amide bonds. The first kappa shape index (κ1) is 17.0. The van der Waals surface area contributed by atoms with Crippen molar-refractivity contribution in [1.82, 2.24) is 4.90 Å². The van der Waals surface area contributed by atoms with Crippen LogP contribution in [-0.4, -0.2) is 46.1 Å². The van der Waals surface area contributed by atoms with Crippen molar-refractivity contribution in [3.8, 4) is 0 Å². The number of rotatable bonds is 7. The van der Waals surface area contributed by atoms with Gasteiger partial charge < -0.3 is 9.64 Å². The van der Waals surface area contributed by atoms with Crippen LogP contribution >= 0.6 is 31.9 Å². The van der Waals surface area contributed by atoms with E-state index in [4.69, 9.17) is 4.74 Å². The van der Waals surface area contributed by atoms with E-state index in [1.165, 1.54) is 0 Å². The first-order chi connectivity index (χ1) is 9.06. The number of ether oxygens (including phenoxy) is 1. The number of likely N-dealkylation sites (tertiary alicyclic amines) is 1. The first-order valence-electron chi connectivity index (χ1n) is 6.75. The topological polar surface area (TPSA) is 46.6 Å². The van der Waals surface area contributed by atoms with Crippen LogP contribution in [0.25, 0.3) is 0 Å². The summed E-state index contributed by atoms with van der Waals surface area (Å²) in [4.78, 5) is 25.3. The summed E-state index contributed by atoms with van der Waals surface area (Å²) < 4.78 is 5.23. The summed E-state index contributed by atoms with van der Waals surface area (Å²) in [6.07, 6.45) is 4.11. The SMILES string of the molecule is C[C@@H](OC(=O)C(Br)CCCCBr)C(=O)N1CCCC1. The second kappa shape index (κ2) is 8.95. The molecule has 0 aromatic rings. The molecule has 1 rings (SSSR count). The molecule has 1 saturated heterocycles. The Labute approximate surface area is 131 Å². The zero-order chi connectivity index (χ0) is 14.3. The van der Waals surface area contributed by atoms with E-state index in [0.717, 1.165) is 50.5 Å². The van der Waals surface area contributed by atoms with E-state index in [-0.39, 0.29) is 16.7 Å². The van der Waals surface area contributed by atoms with Crippen molar-refractivity contribution in [2.24, 2.45) is 0 Å². The van der Waals surface area contributed by atoms with Gasteiger partial charge in [-0.25, -0.2) is 0 Å². The molecule has 6 heteroatoms.